The molecule has 92 valence electrons. The van der Waals surface area contributed by atoms with Crippen LogP contribution in [0.5, 0.6) is 5.75 Å². The Labute approximate surface area is 96.7 Å². The van der Waals surface area contributed by atoms with Crippen molar-refractivity contribution in [2.75, 3.05) is 7.11 Å². The molecule has 1 aromatic rings. The van der Waals surface area contributed by atoms with Crippen LogP contribution < -0.4 is 0 Å². The molecule has 0 aliphatic carbocycles. The Morgan fingerprint density at radius 1 is 1.53 bits per heavy atom. The molecule has 7 nitrogen and oxygen atoms in total. The molecule has 0 fully saturated rings. The molecule has 0 heterocycles. The number of hydrogen-bond acceptors (Lipinski definition) is 6. The number of phenolic OH excluding ortho intramolecular Hbond substituents is 1. The highest BCUT2D eigenvalue weighted by Crippen LogP contribution is 2.26. The summed E-state index contributed by atoms with van der Waals surface area (Å²) in [5.41, 5.74) is -0.581. The molecule has 0 saturated carbocycles. The van der Waals surface area contributed by atoms with E-state index in [1.54, 1.807) is 0 Å². The van der Waals surface area contributed by atoms with E-state index in [9.17, 15) is 20.0 Å². The van der Waals surface area contributed by atoms with E-state index in [4.69, 9.17) is 9.47 Å². The van der Waals surface area contributed by atoms with Crippen molar-refractivity contribution in [1.82, 2.24) is 0 Å². The lowest BCUT2D eigenvalue weighted by atomic mass is 10.2. The van der Waals surface area contributed by atoms with Crippen molar-refractivity contribution >= 4 is 11.7 Å². The quantitative estimate of drug-likeness (QED) is 0.370. The van der Waals surface area contributed by atoms with Crippen LogP contribution in [0.15, 0.2) is 18.2 Å². The van der Waals surface area contributed by atoms with E-state index in [0.29, 0.717) is 0 Å². The van der Waals surface area contributed by atoms with Gasteiger partial charge in [-0.1, -0.05) is 0 Å². The van der Waals surface area contributed by atoms with Crippen molar-refractivity contribution in [3.8, 4) is 5.75 Å². The first-order valence-electron chi connectivity index (χ1n) is 4.67. The molecule has 1 atom stereocenters. The zero-order chi connectivity index (χ0) is 13.0. The zero-order valence-corrected chi connectivity index (χ0v) is 9.25. The van der Waals surface area contributed by atoms with E-state index in [1.807, 2.05) is 0 Å². The predicted octanol–water partition coefficient (Wildman–Crippen LogP) is 1.45. The van der Waals surface area contributed by atoms with Crippen molar-refractivity contribution in [1.29, 1.82) is 0 Å². The minimum absolute atomic E-state index is 0.0293. The topological polar surface area (TPSA) is 98.9 Å². The Kier molecular flexibility index (Phi) is 4.00. The number of nitro benzene ring substituents is 1. The van der Waals surface area contributed by atoms with Gasteiger partial charge in [-0.3, -0.25) is 10.1 Å². The standard InChI is InChI=1S/C10H11NO6/c1-6(16-2)17-10(13)7-3-4-9(12)8(5-7)11(14)15/h3-6,12H,1-2H3. The average Bonchev–Trinajstić information content (AvgIpc) is 2.28. The summed E-state index contributed by atoms with van der Waals surface area (Å²) in [4.78, 5) is 21.3. The molecule has 0 bridgehead atoms. The van der Waals surface area contributed by atoms with Crippen LogP contribution in [0.3, 0.4) is 0 Å². The van der Waals surface area contributed by atoms with Crippen molar-refractivity contribution in [3.05, 3.63) is 33.9 Å². The van der Waals surface area contributed by atoms with Crippen LogP contribution in [0.1, 0.15) is 17.3 Å². The van der Waals surface area contributed by atoms with Gasteiger partial charge in [0.15, 0.2) is 12.0 Å². The number of esters is 1. The van der Waals surface area contributed by atoms with E-state index >= 15 is 0 Å². The molecule has 0 aliphatic rings. The average molecular weight is 241 g/mol. The van der Waals surface area contributed by atoms with Crippen LogP contribution in [0, 0.1) is 10.1 Å². The van der Waals surface area contributed by atoms with Gasteiger partial charge in [0.05, 0.1) is 10.5 Å². The number of hydrogen-bond donors (Lipinski definition) is 1. The Bertz CT molecular complexity index is 444. The Morgan fingerprint density at radius 2 is 2.18 bits per heavy atom. The van der Waals surface area contributed by atoms with Gasteiger partial charge in [0.2, 0.25) is 0 Å². The Morgan fingerprint density at radius 3 is 2.71 bits per heavy atom. The summed E-state index contributed by atoms with van der Waals surface area (Å²) in [5, 5.41) is 19.7. The van der Waals surface area contributed by atoms with Gasteiger partial charge in [-0.25, -0.2) is 4.79 Å². The van der Waals surface area contributed by atoms with Crippen molar-refractivity contribution in [3.63, 3.8) is 0 Å². The van der Waals surface area contributed by atoms with Crippen molar-refractivity contribution in [2.45, 2.75) is 13.2 Å². The van der Waals surface area contributed by atoms with Crippen LogP contribution >= 0.6 is 0 Å². The minimum Gasteiger partial charge on any atom is -0.502 e. The fourth-order valence-electron chi connectivity index (χ4n) is 1.06. The van der Waals surface area contributed by atoms with E-state index in [0.717, 1.165) is 12.1 Å². The summed E-state index contributed by atoms with van der Waals surface area (Å²) in [6.45, 7) is 1.51. The molecule has 0 spiro atoms. The third-order valence-electron chi connectivity index (χ3n) is 2.01. The smallest absolute Gasteiger partial charge is 0.340 e. The number of methoxy groups -OCH3 is 1. The Hall–Kier alpha value is -2.15. The summed E-state index contributed by atoms with van der Waals surface area (Å²) in [5.74, 6) is -1.27. The molecule has 0 radical (unpaired) electrons. The van der Waals surface area contributed by atoms with E-state index < -0.39 is 28.6 Å². The van der Waals surface area contributed by atoms with Gasteiger partial charge in [0.1, 0.15) is 0 Å². The predicted molar refractivity (Wildman–Crippen MR) is 56.6 cm³/mol. The minimum atomic E-state index is -0.786. The van der Waals surface area contributed by atoms with E-state index in [1.165, 1.54) is 20.1 Å². The maximum absolute atomic E-state index is 11.5. The Balaban J connectivity index is 2.96. The molecule has 1 rings (SSSR count). The second kappa shape index (κ2) is 5.26. The number of phenols is 1. The van der Waals surface area contributed by atoms with Crippen LogP contribution in [0.2, 0.25) is 0 Å². The summed E-state index contributed by atoms with van der Waals surface area (Å²) in [6.07, 6.45) is -0.754. The van der Waals surface area contributed by atoms with Gasteiger partial charge in [-0.05, 0) is 19.1 Å². The first-order chi connectivity index (χ1) is 7.95. The molecule has 1 aromatic carbocycles. The monoisotopic (exact) mass is 241 g/mol. The molecule has 1 N–H and O–H groups in total. The number of carbonyl (C=O) groups is 1. The highest BCUT2D eigenvalue weighted by atomic mass is 16.7. The lowest BCUT2D eigenvalue weighted by Gasteiger charge is -2.10. The number of benzene rings is 1. The van der Waals surface area contributed by atoms with Gasteiger partial charge in [0, 0.05) is 13.2 Å². The third kappa shape index (κ3) is 3.15. The summed E-state index contributed by atoms with van der Waals surface area (Å²) >= 11 is 0. The lowest BCUT2D eigenvalue weighted by molar-refractivity contribution is -0.385. The van der Waals surface area contributed by atoms with E-state index in [-0.39, 0.29) is 5.56 Å². The third-order valence-corrected chi connectivity index (χ3v) is 2.01. The van der Waals surface area contributed by atoms with Crippen LogP contribution in [0.25, 0.3) is 0 Å². The van der Waals surface area contributed by atoms with Crippen LogP contribution in [0.4, 0.5) is 5.69 Å². The summed E-state index contributed by atoms with van der Waals surface area (Å²) in [7, 11) is 1.36. The lowest BCUT2D eigenvalue weighted by Crippen LogP contribution is -2.16. The molecule has 0 aromatic heterocycles. The number of rotatable bonds is 4. The number of carbonyl (C=O) groups excluding carboxylic acids is 1. The molecule has 1 unspecified atom stereocenters. The SMILES string of the molecule is COC(C)OC(=O)c1ccc(O)c([N+](=O)[O-])c1. The molecule has 0 aliphatic heterocycles. The summed E-state index contributed by atoms with van der Waals surface area (Å²) < 4.78 is 9.51. The largest absolute Gasteiger partial charge is 0.502 e. The molecule has 0 saturated heterocycles. The number of nitro groups is 1. The summed E-state index contributed by atoms with van der Waals surface area (Å²) in [6, 6.07) is 3.24. The second-order valence-electron chi connectivity index (χ2n) is 3.17. The van der Waals surface area contributed by atoms with Crippen molar-refractivity contribution < 1.29 is 24.3 Å². The van der Waals surface area contributed by atoms with Gasteiger partial charge >= 0.3 is 11.7 Å². The first-order valence-corrected chi connectivity index (χ1v) is 4.67. The molecular formula is C10H11NO6. The highest BCUT2D eigenvalue weighted by molar-refractivity contribution is 5.90. The maximum atomic E-state index is 11.5. The molecule has 0 amide bonds. The first kappa shape index (κ1) is 12.9. The van der Waals surface area contributed by atoms with Gasteiger partial charge in [-0.2, -0.15) is 0 Å². The van der Waals surface area contributed by atoms with Crippen molar-refractivity contribution in [2.24, 2.45) is 0 Å². The number of nitrogens with zero attached hydrogens (tertiary/aromatic N) is 1. The normalized spacial score (nSPS) is 11.9. The van der Waals surface area contributed by atoms with Gasteiger partial charge in [-0.15, -0.1) is 0 Å². The zero-order valence-electron chi connectivity index (χ0n) is 9.25. The highest BCUT2D eigenvalue weighted by Gasteiger charge is 2.18. The van der Waals surface area contributed by atoms with Crippen LogP contribution in [-0.4, -0.2) is 29.4 Å². The molecule has 7 heteroatoms. The van der Waals surface area contributed by atoms with Crippen LogP contribution in [-0.2, 0) is 9.47 Å². The van der Waals surface area contributed by atoms with Gasteiger partial charge < -0.3 is 14.6 Å². The molecular weight excluding hydrogens is 230 g/mol. The number of aromatic hydroxyl groups is 1. The maximum Gasteiger partial charge on any atom is 0.340 e. The number of ether oxygens (including phenoxy) is 2. The molecule has 17 heavy (non-hydrogen) atoms. The second-order valence-corrected chi connectivity index (χ2v) is 3.17. The van der Waals surface area contributed by atoms with Gasteiger partial charge in [0.25, 0.3) is 0 Å². The fraction of sp³-hybridized carbons (Fsp3) is 0.300. The fourth-order valence-corrected chi connectivity index (χ4v) is 1.06. The van der Waals surface area contributed by atoms with E-state index in [2.05, 4.69) is 0 Å².